The van der Waals surface area contributed by atoms with Gasteiger partial charge in [-0.3, -0.25) is 0 Å². The third-order valence-corrected chi connectivity index (χ3v) is 12.7. The number of anilines is 2. The quantitative estimate of drug-likeness (QED) is 0.272. The molecule has 4 rings (SSSR count). The number of nitrogens with one attached hydrogen (secondary N) is 2. The number of halogens is 2. The Bertz CT molecular complexity index is 1550. The lowest BCUT2D eigenvalue weighted by Crippen LogP contribution is -2.78. The first-order valence-corrected chi connectivity index (χ1v) is 16.3. The first-order valence-electron chi connectivity index (χ1n) is 15.5. The van der Waals surface area contributed by atoms with E-state index in [4.69, 9.17) is 9.47 Å². The van der Waals surface area contributed by atoms with E-state index in [-0.39, 0.29) is 33.1 Å². The molecule has 2 N–H and O–H groups in total. The summed E-state index contributed by atoms with van der Waals surface area (Å²) in [4.78, 5) is 9.12. The van der Waals surface area contributed by atoms with Gasteiger partial charge < -0.3 is 20.1 Å². The van der Waals surface area contributed by atoms with Crippen LogP contribution in [0.5, 0.6) is 11.5 Å². The highest BCUT2D eigenvalue weighted by Crippen LogP contribution is 2.64. The summed E-state index contributed by atoms with van der Waals surface area (Å²) in [5, 5.41) is 7.94. The number of hydrogen-bond donors (Lipinski definition) is 2. The fourth-order valence-electron chi connectivity index (χ4n) is 6.87. The van der Waals surface area contributed by atoms with Crippen LogP contribution in [0.1, 0.15) is 99.8 Å². The van der Waals surface area contributed by atoms with E-state index < -0.39 is 5.60 Å². The summed E-state index contributed by atoms with van der Waals surface area (Å²) < 4.78 is 29.6. The maximum atomic E-state index is 15.5. The molecule has 0 aliphatic carbocycles. The van der Waals surface area contributed by atoms with E-state index in [1.165, 1.54) is 6.33 Å². The van der Waals surface area contributed by atoms with E-state index >= 15 is 4.39 Å². The van der Waals surface area contributed by atoms with Gasteiger partial charge in [-0.1, -0.05) is 50.5 Å². The third-order valence-electron chi connectivity index (χ3n) is 11.5. The molecule has 44 heavy (non-hydrogen) atoms. The van der Waals surface area contributed by atoms with Crippen LogP contribution >= 0.6 is 15.9 Å². The van der Waals surface area contributed by atoms with E-state index in [0.29, 0.717) is 46.1 Å². The molecule has 0 bridgehead atoms. The van der Waals surface area contributed by atoms with Gasteiger partial charge in [-0.15, -0.1) is 0 Å². The molecule has 0 atom stereocenters. The molecule has 2 aromatic carbocycles. The van der Waals surface area contributed by atoms with Gasteiger partial charge in [0, 0.05) is 38.0 Å². The highest BCUT2D eigenvalue weighted by atomic mass is 79.9. The van der Waals surface area contributed by atoms with E-state index in [9.17, 15) is 0 Å². The van der Waals surface area contributed by atoms with Crippen LogP contribution in [0.4, 0.5) is 15.9 Å². The van der Waals surface area contributed by atoms with Gasteiger partial charge in [0.2, 0.25) is 0 Å². The predicted molar refractivity (Wildman–Crippen MR) is 184 cm³/mol. The van der Waals surface area contributed by atoms with Crippen LogP contribution in [0.25, 0.3) is 10.9 Å². The van der Waals surface area contributed by atoms with Gasteiger partial charge in [0.25, 0.3) is 0 Å². The fourth-order valence-corrected chi connectivity index (χ4v) is 7.34. The van der Waals surface area contributed by atoms with Crippen LogP contribution in [-0.4, -0.2) is 33.3 Å². The third kappa shape index (κ3) is 5.38. The molecule has 2 heterocycles. The van der Waals surface area contributed by atoms with Crippen molar-refractivity contribution in [1.82, 2.24) is 15.3 Å². The molecule has 0 unspecified atom stereocenters. The highest BCUT2D eigenvalue weighted by molar-refractivity contribution is 9.10. The Morgan fingerprint density at radius 2 is 1.41 bits per heavy atom. The molecule has 6 nitrogen and oxygen atoms in total. The average Bonchev–Trinajstić information content (AvgIpc) is 2.89. The molecule has 242 valence electrons. The number of piperidine rings is 1. The zero-order chi connectivity index (χ0) is 33.4. The van der Waals surface area contributed by atoms with E-state index in [1.807, 2.05) is 46.8 Å². The number of benzene rings is 2. The Morgan fingerprint density at radius 3 is 1.95 bits per heavy atom. The van der Waals surface area contributed by atoms with Crippen molar-refractivity contribution in [2.24, 2.45) is 16.2 Å². The SMILES string of the molecule is Cc1c(C)c(Nc2ncnc3cc(OCC4(C)C(C)(C)C(C)(C)NC(C)(C)C4(C)C)c(OC(C)(C)C)cc23)c(F)c(C)c1Br. The normalized spacial score (nSPS) is 19.9. The fraction of sp³-hybridized carbons (Fsp3) is 0.611. The van der Waals surface area contributed by atoms with E-state index in [0.717, 1.165) is 15.6 Å². The lowest BCUT2D eigenvalue weighted by molar-refractivity contribution is -0.191. The number of rotatable bonds is 6. The van der Waals surface area contributed by atoms with Crippen molar-refractivity contribution < 1.29 is 13.9 Å². The Balaban J connectivity index is 1.83. The van der Waals surface area contributed by atoms with Crippen LogP contribution in [0.15, 0.2) is 22.9 Å². The lowest BCUT2D eigenvalue weighted by atomic mass is 9.41. The summed E-state index contributed by atoms with van der Waals surface area (Å²) in [7, 11) is 0. The van der Waals surface area contributed by atoms with Crippen molar-refractivity contribution in [1.29, 1.82) is 0 Å². The standard InChI is InChI=1S/C36H52BrFN4O2/c1-20-21(2)29(28(38)22(3)27(20)37)41-30-23-16-26(44-31(4,5)6)25(17-24(23)39-19-40-30)43-18-36(15)32(7,8)34(11,12)42-35(13,14)33(36,9)10/h16-17,19,42H,18H2,1-15H3,(H,39,40,41). The minimum absolute atomic E-state index is 0.136. The maximum absolute atomic E-state index is 15.5. The van der Waals surface area contributed by atoms with Crippen LogP contribution in [0.2, 0.25) is 0 Å². The molecule has 1 aliphatic heterocycles. The average molecular weight is 672 g/mol. The van der Waals surface area contributed by atoms with Gasteiger partial charge in [-0.05, 0) is 97.3 Å². The van der Waals surface area contributed by atoms with Crippen molar-refractivity contribution in [2.75, 3.05) is 11.9 Å². The van der Waals surface area contributed by atoms with Crippen molar-refractivity contribution in [3.8, 4) is 11.5 Å². The van der Waals surface area contributed by atoms with Crippen molar-refractivity contribution in [2.45, 2.75) is 121 Å². The second-order valence-electron chi connectivity index (χ2n) is 16.0. The molecular formula is C36H52BrFN4O2. The number of aromatic nitrogens is 2. The summed E-state index contributed by atoms with van der Waals surface area (Å²) in [6.45, 7) is 33.0. The number of nitrogens with zero attached hydrogens (tertiary/aromatic N) is 2. The van der Waals surface area contributed by atoms with Crippen molar-refractivity contribution in [3.05, 3.63) is 45.4 Å². The first-order chi connectivity index (χ1) is 19.9. The molecular weight excluding hydrogens is 619 g/mol. The topological polar surface area (TPSA) is 68.3 Å². The molecule has 1 saturated heterocycles. The number of ether oxygens (including phenoxy) is 2. The van der Waals surface area contributed by atoms with Crippen LogP contribution in [-0.2, 0) is 0 Å². The lowest BCUT2D eigenvalue weighted by Gasteiger charge is -2.70. The number of fused-ring (bicyclic) bond motifs is 1. The molecule has 0 saturated carbocycles. The molecule has 1 fully saturated rings. The smallest absolute Gasteiger partial charge is 0.163 e. The summed E-state index contributed by atoms with van der Waals surface area (Å²) in [6.07, 6.45) is 1.50. The summed E-state index contributed by atoms with van der Waals surface area (Å²) in [6, 6.07) is 3.84. The second-order valence-corrected chi connectivity index (χ2v) is 16.8. The monoisotopic (exact) mass is 670 g/mol. The molecule has 1 aliphatic rings. The van der Waals surface area contributed by atoms with E-state index in [1.54, 1.807) is 6.92 Å². The van der Waals surface area contributed by atoms with Gasteiger partial charge in [-0.25, -0.2) is 14.4 Å². The minimum Gasteiger partial charge on any atom is -0.489 e. The van der Waals surface area contributed by atoms with Gasteiger partial charge in [-0.2, -0.15) is 0 Å². The Labute approximate surface area is 272 Å². The first kappa shape index (κ1) is 34.4. The zero-order valence-corrected chi connectivity index (χ0v) is 31.0. The Kier molecular flexibility index (Phi) is 8.47. The van der Waals surface area contributed by atoms with Crippen LogP contribution < -0.4 is 20.1 Å². The Hall–Kier alpha value is -2.45. The van der Waals surface area contributed by atoms with Gasteiger partial charge >= 0.3 is 0 Å². The summed E-state index contributed by atoms with van der Waals surface area (Å²) in [5.74, 6) is 1.40. The summed E-state index contributed by atoms with van der Waals surface area (Å²) >= 11 is 3.53. The van der Waals surface area contributed by atoms with Crippen molar-refractivity contribution >= 4 is 38.3 Å². The molecule has 1 aromatic heterocycles. The van der Waals surface area contributed by atoms with Gasteiger partial charge in [0.1, 0.15) is 17.7 Å². The molecule has 3 aromatic rings. The largest absolute Gasteiger partial charge is 0.489 e. The molecule has 0 radical (unpaired) electrons. The predicted octanol–water partition coefficient (Wildman–Crippen LogP) is 9.98. The maximum Gasteiger partial charge on any atom is 0.163 e. The number of hydrogen-bond acceptors (Lipinski definition) is 6. The minimum atomic E-state index is -0.487. The summed E-state index contributed by atoms with van der Waals surface area (Å²) in [5.41, 5.74) is 2.11. The second kappa shape index (κ2) is 10.8. The van der Waals surface area contributed by atoms with Crippen LogP contribution in [0.3, 0.4) is 0 Å². The Morgan fingerprint density at radius 1 is 0.841 bits per heavy atom. The molecule has 0 amide bonds. The molecule has 8 heteroatoms. The van der Waals surface area contributed by atoms with Crippen LogP contribution in [0, 0.1) is 42.8 Å². The van der Waals surface area contributed by atoms with Crippen molar-refractivity contribution in [3.63, 3.8) is 0 Å². The van der Waals surface area contributed by atoms with E-state index in [2.05, 4.69) is 98.8 Å². The highest BCUT2D eigenvalue weighted by Gasteiger charge is 2.67. The van der Waals surface area contributed by atoms with Gasteiger partial charge in [0.05, 0.1) is 17.8 Å². The van der Waals surface area contributed by atoms with Gasteiger partial charge in [0.15, 0.2) is 17.3 Å². The zero-order valence-electron chi connectivity index (χ0n) is 29.4. The molecule has 0 spiro atoms.